The van der Waals surface area contributed by atoms with E-state index in [1.54, 1.807) is 0 Å². The van der Waals surface area contributed by atoms with Crippen LogP contribution < -0.4 is 14.7 Å². The van der Waals surface area contributed by atoms with Crippen molar-refractivity contribution in [1.29, 1.82) is 0 Å². The zero-order valence-corrected chi connectivity index (χ0v) is 31.7. The fourth-order valence-electron chi connectivity index (χ4n) is 6.39. The summed E-state index contributed by atoms with van der Waals surface area (Å²) in [6.07, 6.45) is 12.9. The maximum absolute atomic E-state index is 6.12. The first kappa shape index (κ1) is 37.4. The predicted octanol–water partition coefficient (Wildman–Crippen LogP) is 9.21. The Kier molecular flexibility index (Phi) is 14.8. The van der Waals surface area contributed by atoms with Gasteiger partial charge in [-0.1, -0.05) is 160 Å². The lowest BCUT2D eigenvalue weighted by Crippen LogP contribution is -2.46. The van der Waals surface area contributed by atoms with Crippen LogP contribution in [0.5, 0.6) is 11.5 Å². The van der Waals surface area contributed by atoms with Gasteiger partial charge in [-0.25, -0.2) is 4.98 Å². The first-order chi connectivity index (χ1) is 25.1. The standard InChI is InChI=1S/C32H40N2O2Si.C13H11B/c1-3-5-10-24-35-29-18-14-27(15-19-29)32(34-23-22-33-26-34,37-31-12-8-7-9-13-31)28-16-20-30(21-17-28)36-25-11-6-4-2;14-13(11-7-3-1-4-8-11)12-9-5-2-6-10-12/h7-9,12-23,26H,3-6,10-11,24-25,37H2,1-2H3;1-10,13H. The second-order valence-electron chi connectivity index (χ2n) is 13.0. The quantitative estimate of drug-likeness (QED) is 0.0708. The van der Waals surface area contributed by atoms with E-state index in [1.165, 1.54) is 42.0 Å². The number of unbranched alkanes of at least 4 members (excludes halogenated alkanes) is 4. The molecule has 0 aliphatic heterocycles. The summed E-state index contributed by atoms with van der Waals surface area (Å²) in [6, 6.07) is 48.6. The van der Waals surface area contributed by atoms with E-state index in [1.807, 2.05) is 48.9 Å². The van der Waals surface area contributed by atoms with Crippen molar-refractivity contribution in [2.24, 2.45) is 0 Å². The van der Waals surface area contributed by atoms with Gasteiger partial charge in [0, 0.05) is 12.4 Å². The summed E-state index contributed by atoms with van der Waals surface area (Å²) in [5.74, 6) is 1.84. The van der Waals surface area contributed by atoms with Crippen molar-refractivity contribution >= 4 is 22.6 Å². The monoisotopic (exact) mass is 690 g/mol. The highest BCUT2D eigenvalue weighted by atomic mass is 28.2. The van der Waals surface area contributed by atoms with Gasteiger partial charge in [0.1, 0.15) is 11.5 Å². The smallest absolute Gasteiger partial charge is 0.119 e. The first-order valence-corrected chi connectivity index (χ1v) is 19.9. The number of hydrogen-bond acceptors (Lipinski definition) is 3. The summed E-state index contributed by atoms with van der Waals surface area (Å²) in [7, 11) is 5.22. The normalized spacial score (nSPS) is 11.4. The zero-order valence-electron chi connectivity index (χ0n) is 30.2. The lowest BCUT2D eigenvalue weighted by atomic mass is 9.76. The number of benzene rings is 5. The minimum atomic E-state index is -0.899. The number of hydrogen-bond donors (Lipinski definition) is 0. The molecular weight excluding hydrogens is 639 g/mol. The molecule has 6 heteroatoms. The second kappa shape index (κ2) is 20.1. The molecule has 0 spiro atoms. The van der Waals surface area contributed by atoms with Gasteiger partial charge in [-0.05, 0) is 65.2 Å². The molecule has 0 saturated carbocycles. The van der Waals surface area contributed by atoms with Crippen molar-refractivity contribution in [2.75, 3.05) is 13.2 Å². The molecule has 0 unspecified atom stereocenters. The average molecular weight is 691 g/mol. The zero-order chi connectivity index (χ0) is 35.6. The van der Waals surface area contributed by atoms with Gasteiger partial charge in [-0.15, -0.1) is 0 Å². The largest absolute Gasteiger partial charge is 0.494 e. The lowest BCUT2D eigenvalue weighted by Gasteiger charge is -2.37. The molecule has 0 atom stereocenters. The highest BCUT2D eigenvalue weighted by molar-refractivity contribution is 6.57. The summed E-state index contributed by atoms with van der Waals surface area (Å²) in [4.78, 5) is 4.47. The number of rotatable bonds is 17. The number of aromatic nitrogens is 2. The molecule has 0 amide bonds. The van der Waals surface area contributed by atoms with Crippen LogP contribution in [0.1, 0.15) is 80.4 Å². The van der Waals surface area contributed by atoms with E-state index in [4.69, 9.17) is 17.3 Å². The third kappa shape index (κ3) is 10.6. The Morgan fingerprint density at radius 1 is 0.608 bits per heavy atom. The van der Waals surface area contributed by atoms with E-state index in [2.05, 4.69) is 133 Å². The average Bonchev–Trinajstić information content (AvgIpc) is 3.75. The van der Waals surface area contributed by atoms with Crippen LogP contribution >= 0.6 is 0 Å². The van der Waals surface area contributed by atoms with Crippen LogP contribution in [0.25, 0.3) is 0 Å². The maximum atomic E-state index is 6.12. The number of imidazole rings is 1. The molecule has 0 aliphatic carbocycles. The molecule has 260 valence electrons. The Morgan fingerprint density at radius 3 is 1.47 bits per heavy atom. The highest BCUT2D eigenvalue weighted by Crippen LogP contribution is 2.35. The van der Waals surface area contributed by atoms with Crippen molar-refractivity contribution in [3.05, 3.63) is 181 Å². The second-order valence-corrected chi connectivity index (χ2v) is 15.1. The summed E-state index contributed by atoms with van der Waals surface area (Å²) in [5, 5.41) is 1.07. The summed E-state index contributed by atoms with van der Waals surface area (Å²) in [6.45, 7) is 5.95. The van der Waals surface area contributed by atoms with Crippen molar-refractivity contribution < 1.29 is 9.47 Å². The molecule has 2 radical (unpaired) electrons. The molecule has 0 fully saturated rings. The van der Waals surface area contributed by atoms with Gasteiger partial charge in [0.2, 0.25) is 0 Å². The van der Waals surface area contributed by atoms with Crippen LogP contribution in [-0.2, 0) is 5.16 Å². The molecule has 0 N–H and O–H groups in total. The fraction of sp³-hybridized carbons (Fsp3) is 0.267. The van der Waals surface area contributed by atoms with Gasteiger partial charge in [-0.2, -0.15) is 0 Å². The molecule has 4 nitrogen and oxygen atoms in total. The molecule has 1 heterocycles. The Bertz CT molecular complexity index is 1690. The van der Waals surface area contributed by atoms with Gasteiger partial charge in [0.05, 0.1) is 42.1 Å². The predicted molar refractivity (Wildman–Crippen MR) is 216 cm³/mol. The van der Waals surface area contributed by atoms with Crippen LogP contribution in [-0.4, -0.2) is 40.1 Å². The summed E-state index contributed by atoms with van der Waals surface area (Å²) in [5.41, 5.74) is 4.80. The van der Waals surface area contributed by atoms with E-state index in [0.29, 0.717) is 0 Å². The minimum Gasteiger partial charge on any atom is -0.494 e. The SMILES string of the molecule is CCCCCOc1ccc(C([SiH2]c2ccccc2)(c2ccc(OCCCCC)cc2)n2ccnc2)cc1.[B]C(c1ccccc1)c1ccccc1. The van der Waals surface area contributed by atoms with Gasteiger partial charge in [0.15, 0.2) is 0 Å². The molecule has 5 aromatic carbocycles. The third-order valence-corrected chi connectivity index (χ3v) is 11.8. The van der Waals surface area contributed by atoms with E-state index < -0.39 is 9.52 Å². The Labute approximate surface area is 309 Å². The van der Waals surface area contributed by atoms with Crippen molar-refractivity contribution in [1.82, 2.24) is 9.55 Å². The van der Waals surface area contributed by atoms with E-state index >= 15 is 0 Å². The van der Waals surface area contributed by atoms with Gasteiger partial charge >= 0.3 is 0 Å². The number of ether oxygens (including phenoxy) is 2. The van der Waals surface area contributed by atoms with Crippen molar-refractivity contribution in [2.45, 2.75) is 63.4 Å². The van der Waals surface area contributed by atoms with Crippen LogP contribution in [0.15, 0.2) is 158 Å². The van der Waals surface area contributed by atoms with E-state index in [0.717, 1.165) is 48.7 Å². The van der Waals surface area contributed by atoms with Crippen LogP contribution in [0, 0.1) is 0 Å². The molecule has 51 heavy (non-hydrogen) atoms. The topological polar surface area (TPSA) is 36.3 Å². The molecule has 0 aliphatic rings. The van der Waals surface area contributed by atoms with Gasteiger partial charge in [-0.3, -0.25) is 0 Å². The van der Waals surface area contributed by atoms with Gasteiger partial charge < -0.3 is 14.0 Å². The van der Waals surface area contributed by atoms with Crippen LogP contribution in [0.4, 0.5) is 0 Å². The highest BCUT2D eigenvalue weighted by Gasteiger charge is 2.37. The Balaban J connectivity index is 0.000000299. The first-order valence-electron chi connectivity index (χ1n) is 18.5. The summed E-state index contributed by atoms with van der Waals surface area (Å²) >= 11 is 0. The Morgan fingerprint density at radius 2 is 1.06 bits per heavy atom. The van der Waals surface area contributed by atoms with Crippen molar-refractivity contribution in [3.8, 4) is 11.5 Å². The number of nitrogens with zero attached hydrogens (tertiary/aromatic N) is 2. The molecular formula is C45H51BN2O2Si. The minimum absolute atomic E-state index is 0.0163. The molecule has 6 aromatic rings. The maximum Gasteiger partial charge on any atom is 0.119 e. The third-order valence-electron chi connectivity index (χ3n) is 9.26. The molecule has 1 aromatic heterocycles. The Hall–Kier alpha value is -4.81. The summed E-state index contributed by atoms with van der Waals surface area (Å²) < 4.78 is 14.4. The van der Waals surface area contributed by atoms with Crippen LogP contribution in [0.3, 0.4) is 0 Å². The van der Waals surface area contributed by atoms with Crippen molar-refractivity contribution in [3.63, 3.8) is 0 Å². The lowest BCUT2D eigenvalue weighted by molar-refractivity contribution is 0.306. The van der Waals surface area contributed by atoms with E-state index in [-0.39, 0.29) is 11.0 Å². The van der Waals surface area contributed by atoms with Gasteiger partial charge in [0.25, 0.3) is 0 Å². The molecule has 0 bridgehead atoms. The molecule has 0 saturated heterocycles. The van der Waals surface area contributed by atoms with Crippen LogP contribution in [0.2, 0.25) is 0 Å². The van der Waals surface area contributed by atoms with E-state index in [9.17, 15) is 0 Å². The molecule has 6 rings (SSSR count). The fourth-order valence-corrected chi connectivity index (χ4v) is 8.74.